The van der Waals surface area contributed by atoms with Crippen LogP contribution in [0.15, 0.2) is 0 Å². The fourth-order valence-corrected chi connectivity index (χ4v) is 3.24. The number of nitrogens with one attached hydrogen (secondary N) is 1. The second kappa shape index (κ2) is 6.55. The summed E-state index contributed by atoms with van der Waals surface area (Å²) in [5.74, 6) is 1.09. The van der Waals surface area contributed by atoms with E-state index in [0.717, 1.165) is 25.9 Å². The first-order valence-corrected chi connectivity index (χ1v) is 9.13. The second-order valence-corrected chi connectivity index (χ2v) is 8.89. The van der Waals surface area contributed by atoms with Gasteiger partial charge in [-0.25, -0.2) is 12.7 Å². The standard InChI is InChI=1S/C14H30N2O2S/c1-12(2)14(3,4)11-15-9-13-7-6-8-16(10-13)19(5,17)18/h12-13,15H,6-11H2,1-5H3. The van der Waals surface area contributed by atoms with E-state index in [1.165, 1.54) is 6.26 Å². The van der Waals surface area contributed by atoms with Gasteiger partial charge >= 0.3 is 0 Å². The largest absolute Gasteiger partial charge is 0.316 e. The SMILES string of the molecule is CC(C)C(C)(C)CNCC1CCCN(S(C)(=O)=O)C1. The van der Waals surface area contributed by atoms with Crippen molar-refractivity contribution in [1.82, 2.24) is 9.62 Å². The summed E-state index contributed by atoms with van der Waals surface area (Å²) in [6.45, 7) is 12.3. The number of rotatable bonds is 6. The average molecular weight is 290 g/mol. The van der Waals surface area contributed by atoms with Crippen LogP contribution in [0, 0.1) is 17.3 Å². The molecular formula is C14H30N2O2S. The van der Waals surface area contributed by atoms with Crippen molar-refractivity contribution in [1.29, 1.82) is 0 Å². The fraction of sp³-hybridized carbons (Fsp3) is 1.00. The maximum absolute atomic E-state index is 11.6. The highest BCUT2D eigenvalue weighted by Crippen LogP contribution is 2.25. The molecule has 0 aliphatic carbocycles. The number of hydrogen-bond donors (Lipinski definition) is 1. The molecule has 1 aliphatic heterocycles. The van der Waals surface area contributed by atoms with Crippen LogP contribution in [0.2, 0.25) is 0 Å². The minimum Gasteiger partial charge on any atom is -0.316 e. The van der Waals surface area contributed by atoms with Crippen LogP contribution in [0.25, 0.3) is 0 Å². The Morgan fingerprint density at radius 3 is 2.53 bits per heavy atom. The minimum absolute atomic E-state index is 0.283. The van der Waals surface area contributed by atoms with Crippen molar-refractivity contribution >= 4 is 10.0 Å². The van der Waals surface area contributed by atoms with E-state index in [1.54, 1.807) is 4.31 Å². The lowest BCUT2D eigenvalue weighted by molar-refractivity contribution is 0.216. The number of piperidine rings is 1. The third-order valence-electron chi connectivity index (χ3n) is 4.53. The normalized spacial score (nSPS) is 22.9. The lowest BCUT2D eigenvalue weighted by Crippen LogP contribution is -2.44. The molecule has 1 unspecified atom stereocenters. The summed E-state index contributed by atoms with van der Waals surface area (Å²) in [5, 5.41) is 3.53. The zero-order valence-electron chi connectivity index (χ0n) is 13.1. The topological polar surface area (TPSA) is 49.4 Å². The van der Waals surface area contributed by atoms with Gasteiger partial charge in [0.15, 0.2) is 0 Å². The van der Waals surface area contributed by atoms with Gasteiger partial charge in [0.1, 0.15) is 0 Å². The molecule has 0 bridgehead atoms. The highest BCUT2D eigenvalue weighted by atomic mass is 32.2. The molecule has 19 heavy (non-hydrogen) atoms. The van der Waals surface area contributed by atoms with Crippen LogP contribution in [0.1, 0.15) is 40.5 Å². The summed E-state index contributed by atoms with van der Waals surface area (Å²) < 4.78 is 24.7. The molecule has 0 spiro atoms. The summed E-state index contributed by atoms with van der Waals surface area (Å²) in [6.07, 6.45) is 3.42. The van der Waals surface area contributed by atoms with Gasteiger partial charge in [0.05, 0.1) is 6.26 Å². The summed E-state index contributed by atoms with van der Waals surface area (Å²) in [6, 6.07) is 0. The van der Waals surface area contributed by atoms with E-state index in [0.29, 0.717) is 24.9 Å². The predicted octanol–water partition coefficient (Wildman–Crippen LogP) is 1.93. The Morgan fingerprint density at radius 2 is 2.00 bits per heavy atom. The van der Waals surface area contributed by atoms with Crippen LogP contribution in [0.3, 0.4) is 0 Å². The Labute approximate surface area is 119 Å². The fourth-order valence-electron chi connectivity index (χ4n) is 2.30. The molecule has 1 aliphatic rings. The Balaban J connectivity index is 2.38. The lowest BCUT2D eigenvalue weighted by atomic mass is 9.81. The third-order valence-corrected chi connectivity index (χ3v) is 5.80. The Morgan fingerprint density at radius 1 is 1.37 bits per heavy atom. The van der Waals surface area contributed by atoms with Gasteiger partial charge in [-0.1, -0.05) is 27.7 Å². The number of sulfonamides is 1. The predicted molar refractivity (Wildman–Crippen MR) is 80.6 cm³/mol. The molecular weight excluding hydrogens is 260 g/mol. The van der Waals surface area contributed by atoms with E-state index in [2.05, 4.69) is 33.0 Å². The molecule has 1 saturated heterocycles. The first kappa shape index (κ1) is 16.9. The van der Waals surface area contributed by atoms with Gasteiger partial charge in [-0.15, -0.1) is 0 Å². The molecule has 5 heteroatoms. The number of nitrogens with zero attached hydrogens (tertiary/aromatic N) is 1. The maximum Gasteiger partial charge on any atom is 0.211 e. The summed E-state index contributed by atoms with van der Waals surface area (Å²) >= 11 is 0. The first-order chi connectivity index (χ1) is 8.63. The van der Waals surface area contributed by atoms with E-state index in [4.69, 9.17) is 0 Å². The van der Waals surface area contributed by atoms with Gasteiger partial charge in [-0.2, -0.15) is 0 Å². The average Bonchev–Trinajstić information content (AvgIpc) is 2.28. The maximum atomic E-state index is 11.6. The monoisotopic (exact) mass is 290 g/mol. The van der Waals surface area contributed by atoms with E-state index < -0.39 is 10.0 Å². The molecule has 0 aromatic rings. The van der Waals surface area contributed by atoms with Crippen molar-refractivity contribution in [2.75, 3.05) is 32.4 Å². The van der Waals surface area contributed by atoms with E-state index in [9.17, 15) is 8.42 Å². The van der Waals surface area contributed by atoms with E-state index in [-0.39, 0.29) is 5.41 Å². The molecule has 0 amide bonds. The van der Waals surface area contributed by atoms with Gasteiger partial charge in [-0.05, 0) is 36.6 Å². The van der Waals surface area contributed by atoms with Crippen LogP contribution in [-0.2, 0) is 10.0 Å². The van der Waals surface area contributed by atoms with Gasteiger partial charge in [0, 0.05) is 19.6 Å². The molecule has 0 aromatic heterocycles. The van der Waals surface area contributed by atoms with Crippen LogP contribution in [0.4, 0.5) is 0 Å². The molecule has 114 valence electrons. The van der Waals surface area contributed by atoms with Crippen molar-refractivity contribution in [3.63, 3.8) is 0 Å². The molecule has 1 rings (SSSR count). The van der Waals surface area contributed by atoms with Gasteiger partial charge in [0.2, 0.25) is 10.0 Å². The highest BCUT2D eigenvalue weighted by Gasteiger charge is 2.27. The molecule has 0 aromatic carbocycles. The van der Waals surface area contributed by atoms with Gasteiger partial charge in [-0.3, -0.25) is 0 Å². The van der Waals surface area contributed by atoms with Gasteiger partial charge in [0.25, 0.3) is 0 Å². The molecule has 0 radical (unpaired) electrons. The van der Waals surface area contributed by atoms with Crippen molar-refractivity contribution in [3.05, 3.63) is 0 Å². The molecule has 0 saturated carbocycles. The summed E-state index contributed by atoms with van der Waals surface area (Å²) in [7, 11) is -3.02. The lowest BCUT2D eigenvalue weighted by Gasteiger charge is -2.33. The zero-order chi connectivity index (χ0) is 14.7. The Hall–Kier alpha value is -0.130. The van der Waals surface area contributed by atoms with Crippen LogP contribution in [0.5, 0.6) is 0 Å². The minimum atomic E-state index is -3.02. The number of hydrogen-bond acceptors (Lipinski definition) is 3. The smallest absolute Gasteiger partial charge is 0.211 e. The van der Waals surface area contributed by atoms with Crippen molar-refractivity contribution < 1.29 is 8.42 Å². The summed E-state index contributed by atoms with van der Waals surface area (Å²) in [5.41, 5.74) is 0.283. The van der Waals surface area contributed by atoms with Crippen molar-refractivity contribution in [3.8, 4) is 0 Å². The molecule has 4 nitrogen and oxygen atoms in total. The quantitative estimate of drug-likeness (QED) is 0.813. The summed E-state index contributed by atoms with van der Waals surface area (Å²) in [4.78, 5) is 0. The first-order valence-electron chi connectivity index (χ1n) is 7.29. The molecule has 1 heterocycles. The van der Waals surface area contributed by atoms with Crippen LogP contribution < -0.4 is 5.32 Å². The molecule has 1 fully saturated rings. The Kier molecular flexibility index (Phi) is 5.83. The zero-order valence-corrected chi connectivity index (χ0v) is 13.9. The Bertz CT molecular complexity index is 377. The van der Waals surface area contributed by atoms with E-state index in [1.807, 2.05) is 0 Å². The van der Waals surface area contributed by atoms with Crippen LogP contribution in [-0.4, -0.2) is 45.2 Å². The van der Waals surface area contributed by atoms with Crippen molar-refractivity contribution in [2.45, 2.75) is 40.5 Å². The highest BCUT2D eigenvalue weighted by molar-refractivity contribution is 7.88. The van der Waals surface area contributed by atoms with E-state index >= 15 is 0 Å². The molecule has 1 N–H and O–H groups in total. The van der Waals surface area contributed by atoms with Crippen LogP contribution >= 0.6 is 0 Å². The third kappa shape index (κ3) is 5.40. The molecule has 1 atom stereocenters. The van der Waals surface area contributed by atoms with Gasteiger partial charge < -0.3 is 5.32 Å². The second-order valence-electron chi connectivity index (χ2n) is 6.90. The van der Waals surface area contributed by atoms with Crippen molar-refractivity contribution in [2.24, 2.45) is 17.3 Å².